The molecular formula is C26H23ClF3N5O2. The summed E-state index contributed by atoms with van der Waals surface area (Å²) in [6.07, 6.45) is 2.77. The van der Waals surface area contributed by atoms with Gasteiger partial charge in [-0.15, -0.1) is 0 Å². The highest BCUT2D eigenvalue weighted by molar-refractivity contribution is 6.34. The quantitative estimate of drug-likeness (QED) is 0.503. The summed E-state index contributed by atoms with van der Waals surface area (Å²) < 4.78 is 43.7. The van der Waals surface area contributed by atoms with E-state index < -0.39 is 30.2 Å². The first-order valence-electron chi connectivity index (χ1n) is 11.4. The molecule has 1 aromatic carbocycles. The van der Waals surface area contributed by atoms with Crippen LogP contribution in [-0.4, -0.2) is 50.5 Å². The molecule has 0 spiro atoms. The Morgan fingerprint density at radius 1 is 1.19 bits per heavy atom. The van der Waals surface area contributed by atoms with E-state index in [2.05, 4.69) is 27.2 Å². The maximum atomic E-state index is 14.7. The van der Waals surface area contributed by atoms with E-state index in [4.69, 9.17) is 11.6 Å². The SMILES string of the molecule is CC(=O)N1CCC(Cn2ncc(Cl)c2C(=O)Nc2ncc(C#Cc3ccc(F)cc3)cc2C)C(F)(F)C1. The van der Waals surface area contributed by atoms with Gasteiger partial charge in [0.05, 0.1) is 24.3 Å². The fourth-order valence-corrected chi connectivity index (χ4v) is 4.26. The van der Waals surface area contributed by atoms with Crippen LogP contribution in [0.2, 0.25) is 5.02 Å². The van der Waals surface area contributed by atoms with Crippen LogP contribution in [0, 0.1) is 30.5 Å². The molecule has 37 heavy (non-hydrogen) atoms. The Labute approximate surface area is 216 Å². The number of aromatic nitrogens is 3. The smallest absolute Gasteiger partial charge is 0.276 e. The van der Waals surface area contributed by atoms with Gasteiger partial charge in [-0.3, -0.25) is 14.3 Å². The Morgan fingerprint density at radius 2 is 1.89 bits per heavy atom. The van der Waals surface area contributed by atoms with Gasteiger partial charge in [0.25, 0.3) is 11.8 Å². The third-order valence-electron chi connectivity index (χ3n) is 6.10. The van der Waals surface area contributed by atoms with Gasteiger partial charge in [0.1, 0.15) is 17.3 Å². The monoisotopic (exact) mass is 529 g/mol. The van der Waals surface area contributed by atoms with Crippen LogP contribution in [0.4, 0.5) is 19.0 Å². The van der Waals surface area contributed by atoms with E-state index in [1.54, 1.807) is 25.1 Å². The number of piperidine rings is 1. The zero-order valence-electron chi connectivity index (χ0n) is 20.1. The van der Waals surface area contributed by atoms with Crippen molar-refractivity contribution < 1.29 is 22.8 Å². The van der Waals surface area contributed by atoms with Crippen LogP contribution in [0.3, 0.4) is 0 Å². The molecule has 1 atom stereocenters. The van der Waals surface area contributed by atoms with Gasteiger partial charge in [-0.05, 0) is 49.2 Å². The first-order valence-corrected chi connectivity index (χ1v) is 11.8. The first kappa shape index (κ1) is 26.2. The fraction of sp³-hybridized carbons (Fsp3) is 0.308. The minimum absolute atomic E-state index is 0.0152. The number of amides is 2. The van der Waals surface area contributed by atoms with Crippen molar-refractivity contribution in [3.63, 3.8) is 0 Å². The molecular weight excluding hydrogens is 507 g/mol. The molecule has 3 heterocycles. The van der Waals surface area contributed by atoms with Crippen molar-refractivity contribution in [2.24, 2.45) is 5.92 Å². The van der Waals surface area contributed by atoms with E-state index in [1.807, 2.05) is 0 Å². The van der Waals surface area contributed by atoms with E-state index in [0.29, 0.717) is 16.7 Å². The van der Waals surface area contributed by atoms with E-state index in [0.717, 1.165) is 9.58 Å². The number of carbonyl (C=O) groups excluding carboxylic acids is 2. The summed E-state index contributed by atoms with van der Waals surface area (Å²) in [6, 6.07) is 7.48. The second kappa shape index (κ2) is 10.6. The van der Waals surface area contributed by atoms with E-state index >= 15 is 0 Å². The third kappa shape index (κ3) is 6.12. The molecule has 2 aromatic heterocycles. The number of nitrogens with zero attached hydrogens (tertiary/aromatic N) is 4. The average Bonchev–Trinajstić information content (AvgIpc) is 3.21. The number of aryl methyl sites for hydroxylation is 1. The largest absolute Gasteiger partial charge is 0.337 e. The van der Waals surface area contributed by atoms with Crippen molar-refractivity contribution in [1.29, 1.82) is 0 Å². The van der Waals surface area contributed by atoms with Gasteiger partial charge >= 0.3 is 0 Å². The minimum atomic E-state index is -3.14. The second-order valence-electron chi connectivity index (χ2n) is 8.81. The van der Waals surface area contributed by atoms with E-state index in [-0.39, 0.29) is 41.9 Å². The number of alkyl halides is 2. The highest BCUT2D eigenvalue weighted by Crippen LogP contribution is 2.34. The molecule has 7 nitrogen and oxygen atoms in total. The van der Waals surface area contributed by atoms with Crippen molar-refractivity contribution in [3.8, 4) is 11.8 Å². The Bertz CT molecular complexity index is 1400. The van der Waals surface area contributed by atoms with Crippen molar-refractivity contribution in [2.75, 3.05) is 18.4 Å². The van der Waals surface area contributed by atoms with Crippen LogP contribution in [0.5, 0.6) is 0 Å². The molecule has 0 radical (unpaired) electrons. The molecule has 1 saturated heterocycles. The van der Waals surface area contributed by atoms with Gasteiger partial charge in [0.2, 0.25) is 5.91 Å². The lowest BCUT2D eigenvalue weighted by Crippen LogP contribution is -2.51. The molecule has 0 saturated carbocycles. The maximum Gasteiger partial charge on any atom is 0.276 e. The molecule has 0 aliphatic carbocycles. The third-order valence-corrected chi connectivity index (χ3v) is 6.38. The van der Waals surface area contributed by atoms with Gasteiger partial charge in [0.15, 0.2) is 0 Å². The molecule has 1 aliphatic heterocycles. The Hall–Kier alpha value is -3.84. The molecule has 1 fully saturated rings. The lowest BCUT2D eigenvalue weighted by Gasteiger charge is -2.38. The minimum Gasteiger partial charge on any atom is -0.337 e. The number of hydrogen-bond acceptors (Lipinski definition) is 4. The lowest BCUT2D eigenvalue weighted by molar-refractivity contribution is -0.149. The highest BCUT2D eigenvalue weighted by atomic mass is 35.5. The van der Waals surface area contributed by atoms with Crippen LogP contribution >= 0.6 is 11.6 Å². The molecule has 192 valence electrons. The molecule has 1 N–H and O–H groups in total. The number of hydrogen-bond donors (Lipinski definition) is 1. The molecule has 2 amide bonds. The van der Waals surface area contributed by atoms with Crippen LogP contribution < -0.4 is 5.32 Å². The number of likely N-dealkylation sites (tertiary alicyclic amines) is 1. The number of nitrogens with one attached hydrogen (secondary N) is 1. The average molecular weight is 530 g/mol. The predicted octanol–water partition coefficient (Wildman–Crippen LogP) is 4.53. The van der Waals surface area contributed by atoms with Gasteiger partial charge in [0, 0.05) is 36.7 Å². The van der Waals surface area contributed by atoms with E-state index in [9.17, 15) is 22.8 Å². The second-order valence-corrected chi connectivity index (χ2v) is 9.22. The van der Waals surface area contributed by atoms with Gasteiger partial charge in [-0.25, -0.2) is 18.2 Å². The summed E-state index contributed by atoms with van der Waals surface area (Å²) in [5, 5.41) is 6.71. The zero-order chi connectivity index (χ0) is 26.7. The standard InChI is InChI=1S/C26H23ClF3N5O2/c1-16-11-19(4-3-18-5-7-21(28)8-6-18)12-31-24(16)33-25(37)23-22(27)13-32-35(23)14-20-9-10-34(17(2)36)15-26(20,29)30/h5-8,11-13,20H,9-10,14-15H2,1-2H3,(H,31,33,37). The summed E-state index contributed by atoms with van der Waals surface area (Å²) in [5.41, 5.74) is 1.77. The molecule has 11 heteroatoms. The molecule has 4 rings (SSSR count). The Morgan fingerprint density at radius 3 is 2.54 bits per heavy atom. The fourth-order valence-electron chi connectivity index (χ4n) is 4.03. The number of rotatable bonds is 4. The highest BCUT2D eigenvalue weighted by Gasteiger charge is 2.45. The zero-order valence-corrected chi connectivity index (χ0v) is 20.8. The Kier molecular flexibility index (Phi) is 7.55. The summed E-state index contributed by atoms with van der Waals surface area (Å²) in [5.74, 6) is 0.431. The molecule has 1 aliphatic rings. The van der Waals surface area contributed by atoms with Crippen molar-refractivity contribution in [1.82, 2.24) is 19.7 Å². The summed E-state index contributed by atoms with van der Waals surface area (Å²) in [4.78, 5) is 29.9. The molecule has 0 bridgehead atoms. The van der Waals surface area contributed by atoms with Crippen molar-refractivity contribution >= 4 is 29.2 Å². The van der Waals surface area contributed by atoms with Crippen molar-refractivity contribution in [2.45, 2.75) is 32.7 Å². The maximum absolute atomic E-state index is 14.7. The molecule has 3 aromatic rings. The van der Waals surface area contributed by atoms with Crippen LogP contribution in [0.25, 0.3) is 0 Å². The van der Waals surface area contributed by atoms with Crippen LogP contribution in [0.15, 0.2) is 42.7 Å². The van der Waals surface area contributed by atoms with Crippen LogP contribution in [0.1, 0.15) is 40.5 Å². The topological polar surface area (TPSA) is 80.1 Å². The number of halogens is 4. The number of carbonyl (C=O) groups is 2. The van der Waals surface area contributed by atoms with Gasteiger partial charge < -0.3 is 10.2 Å². The predicted molar refractivity (Wildman–Crippen MR) is 132 cm³/mol. The van der Waals surface area contributed by atoms with Crippen molar-refractivity contribution in [3.05, 3.63) is 75.9 Å². The lowest BCUT2D eigenvalue weighted by atomic mass is 9.92. The Balaban J connectivity index is 1.47. The summed E-state index contributed by atoms with van der Waals surface area (Å²) >= 11 is 6.19. The summed E-state index contributed by atoms with van der Waals surface area (Å²) in [6.45, 7) is 2.27. The number of pyridine rings is 1. The molecule has 1 unspecified atom stereocenters. The number of benzene rings is 1. The van der Waals surface area contributed by atoms with Crippen LogP contribution in [-0.2, 0) is 11.3 Å². The summed E-state index contributed by atoms with van der Waals surface area (Å²) in [7, 11) is 0. The van der Waals surface area contributed by atoms with Gasteiger partial charge in [-0.1, -0.05) is 23.4 Å². The first-order chi connectivity index (χ1) is 17.5. The normalized spacial score (nSPS) is 16.6. The van der Waals surface area contributed by atoms with E-state index in [1.165, 1.54) is 31.5 Å². The van der Waals surface area contributed by atoms with Gasteiger partial charge in [-0.2, -0.15) is 5.10 Å². The number of anilines is 1.